The molecular weight excluding hydrogens is 286 g/mol. The number of rotatable bonds is 4. The molecule has 1 saturated heterocycles. The van der Waals surface area contributed by atoms with E-state index in [2.05, 4.69) is 4.72 Å². The lowest BCUT2D eigenvalue weighted by atomic mass is 10.1. The molecule has 19 heavy (non-hydrogen) atoms. The first-order valence-corrected chi connectivity index (χ1v) is 8.48. The van der Waals surface area contributed by atoms with Crippen LogP contribution >= 0.6 is 11.8 Å². The summed E-state index contributed by atoms with van der Waals surface area (Å²) in [5.41, 5.74) is 0.289. The summed E-state index contributed by atoms with van der Waals surface area (Å²) >= 11 is 1.71. The van der Waals surface area contributed by atoms with Crippen LogP contribution in [0.15, 0.2) is 23.1 Å². The smallest absolute Gasteiger partial charge is 0.335 e. The molecule has 0 radical (unpaired) electrons. The number of sulfonamides is 1. The number of carboxylic acids is 1. The lowest BCUT2D eigenvalue weighted by Crippen LogP contribution is -2.35. The van der Waals surface area contributed by atoms with E-state index in [0.717, 1.165) is 17.9 Å². The summed E-state index contributed by atoms with van der Waals surface area (Å²) in [5, 5.41) is 9.02. The second kappa shape index (κ2) is 5.52. The minimum absolute atomic E-state index is 0.0173. The lowest BCUT2D eigenvalue weighted by molar-refractivity contribution is 0.0696. The number of thioether (sulfide) groups is 1. The van der Waals surface area contributed by atoms with Gasteiger partial charge in [0, 0.05) is 11.8 Å². The van der Waals surface area contributed by atoms with Gasteiger partial charge in [-0.1, -0.05) is 6.07 Å². The number of carbonyl (C=O) groups is 1. The van der Waals surface area contributed by atoms with Gasteiger partial charge in [-0.2, -0.15) is 11.8 Å². The fraction of sp³-hybridized carbons (Fsp3) is 0.417. The summed E-state index contributed by atoms with van der Waals surface area (Å²) in [6.07, 6.45) is 0.807. The van der Waals surface area contributed by atoms with E-state index >= 15 is 0 Å². The monoisotopic (exact) mass is 301 g/mol. The summed E-state index contributed by atoms with van der Waals surface area (Å²) < 4.78 is 27.2. The minimum atomic E-state index is -3.66. The van der Waals surface area contributed by atoms with Gasteiger partial charge in [0.2, 0.25) is 10.0 Å². The Labute approximate surface area is 116 Å². The van der Waals surface area contributed by atoms with Gasteiger partial charge in [-0.25, -0.2) is 17.9 Å². The van der Waals surface area contributed by atoms with Crippen molar-refractivity contribution >= 4 is 27.8 Å². The molecule has 0 spiro atoms. The number of carboxylic acid groups (broad SMARTS) is 1. The van der Waals surface area contributed by atoms with Crippen molar-refractivity contribution in [2.45, 2.75) is 24.3 Å². The molecule has 5 nitrogen and oxygen atoms in total. The quantitative estimate of drug-likeness (QED) is 0.880. The van der Waals surface area contributed by atoms with Crippen LogP contribution in [0.1, 0.15) is 22.3 Å². The van der Waals surface area contributed by atoms with Crippen molar-refractivity contribution < 1.29 is 18.3 Å². The van der Waals surface area contributed by atoms with Crippen LogP contribution in [0, 0.1) is 6.92 Å². The molecule has 0 aromatic heterocycles. The maximum absolute atomic E-state index is 12.3. The standard InChI is InChI=1S/C12H15NO4S2/c1-8-10(12(14)15)3-2-4-11(8)19(16,17)13-9-5-6-18-7-9/h2-4,9,13H,5-7H2,1H3,(H,14,15). The van der Waals surface area contributed by atoms with Gasteiger partial charge >= 0.3 is 5.97 Å². The average molecular weight is 301 g/mol. The number of hydrogen-bond acceptors (Lipinski definition) is 4. The highest BCUT2D eigenvalue weighted by atomic mass is 32.2. The molecule has 1 unspecified atom stereocenters. The van der Waals surface area contributed by atoms with E-state index in [0.29, 0.717) is 0 Å². The van der Waals surface area contributed by atoms with Gasteiger partial charge in [0.1, 0.15) is 0 Å². The first-order valence-electron chi connectivity index (χ1n) is 5.85. The molecule has 1 fully saturated rings. The van der Waals surface area contributed by atoms with Gasteiger partial charge in [0.05, 0.1) is 10.5 Å². The van der Waals surface area contributed by atoms with Gasteiger partial charge in [-0.3, -0.25) is 0 Å². The molecule has 1 aromatic carbocycles. The highest BCUT2D eigenvalue weighted by molar-refractivity contribution is 7.99. The molecule has 0 aliphatic carbocycles. The Morgan fingerprint density at radius 1 is 1.47 bits per heavy atom. The van der Waals surface area contributed by atoms with Crippen LogP contribution in [0.2, 0.25) is 0 Å². The van der Waals surface area contributed by atoms with Crippen molar-refractivity contribution in [3.8, 4) is 0 Å². The molecule has 1 aromatic rings. The third-order valence-electron chi connectivity index (χ3n) is 3.06. The fourth-order valence-electron chi connectivity index (χ4n) is 2.05. The molecule has 1 aliphatic heterocycles. The maximum Gasteiger partial charge on any atom is 0.335 e. The van der Waals surface area contributed by atoms with Crippen LogP contribution in [0.25, 0.3) is 0 Å². The van der Waals surface area contributed by atoms with Crippen LogP contribution in [-0.2, 0) is 10.0 Å². The van der Waals surface area contributed by atoms with Gasteiger partial charge in [-0.15, -0.1) is 0 Å². The highest BCUT2D eigenvalue weighted by Crippen LogP contribution is 2.22. The summed E-state index contributed by atoms with van der Waals surface area (Å²) in [7, 11) is -3.66. The predicted molar refractivity (Wildman–Crippen MR) is 74.2 cm³/mol. The van der Waals surface area contributed by atoms with E-state index in [1.807, 2.05) is 0 Å². The number of hydrogen-bond donors (Lipinski definition) is 2. The van der Waals surface area contributed by atoms with Gasteiger partial charge < -0.3 is 5.11 Å². The van der Waals surface area contributed by atoms with Crippen molar-refractivity contribution in [3.05, 3.63) is 29.3 Å². The molecule has 2 N–H and O–H groups in total. The Morgan fingerprint density at radius 3 is 2.79 bits per heavy atom. The van der Waals surface area contributed by atoms with E-state index in [9.17, 15) is 13.2 Å². The average Bonchev–Trinajstić information content (AvgIpc) is 2.80. The van der Waals surface area contributed by atoms with Crippen molar-refractivity contribution in [2.75, 3.05) is 11.5 Å². The van der Waals surface area contributed by atoms with Crippen LogP contribution in [0.3, 0.4) is 0 Å². The van der Waals surface area contributed by atoms with E-state index in [1.54, 1.807) is 11.8 Å². The Bertz CT molecular complexity index is 592. The van der Waals surface area contributed by atoms with Crippen LogP contribution in [0.4, 0.5) is 0 Å². The summed E-state index contributed by atoms with van der Waals surface area (Å²) in [4.78, 5) is 11.1. The lowest BCUT2D eigenvalue weighted by Gasteiger charge is -2.14. The first-order chi connectivity index (χ1) is 8.92. The molecule has 104 valence electrons. The molecule has 0 amide bonds. The molecule has 2 rings (SSSR count). The highest BCUT2D eigenvalue weighted by Gasteiger charge is 2.25. The second-order valence-corrected chi connectivity index (χ2v) is 7.25. The third kappa shape index (κ3) is 3.10. The third-order valence-corrected chi connectivity index (χ3v) is 5.88. The van der Waals surface area contributed by atoms with E-state index < -0.39 is 16.0 Å². The summed E-state index contributed by atoms with van der Waals surface area (Å²) in [6, 6.07) is 4.23. The Hall–Kier alpha value is -1.05. The molecule has 1 aliphatic rings. The Morgan fingerprint density at radius 2 is 2.21 bits per heavy atom. The molecular formula is C12H15NO4S2. The molecule has 7 heteroatoms. The van der Waals surface area contributed by atoms with Crippen LogP contribution in [-0.4, -0.2) is 37.0 Å². The second-order valence-electron chi connectivity index (χ2n) is 4.42. The Balaban J connectivity index is 2.34. The molecule has 1 atom stereocenters. The zero-order valence-electron chi connectivity index (χ0n) is 10.4. The zero-order chi connectivity index (χ0) is 14.0. The van der Waals surface area contributed by atoms with Crippen molar-refractivity contribution in [2.24, 2.45) is 0 Å². The first kappa shape index (κ1) is 14.4. The van der Waals surface area contributed by atoms with Crippen molar-refractivity contribution in [1.82, 2.24) is 4.72 Å². The normalized spacial score (nSPS) is 19.5. The SMILES string of the molecule is Cc1c(C(=O)O)cccc1S(=O)(=O)NC1CCSC1. The van der Waals surface area contributed by atoms with E-state index in [1.165, 1.54) is 25.1 Å². The van der Waals surface area contributed by atoms with Crippen molar-refractivity contribution in [3.63, 3.8) is 0 Å². The van der Waals surface area contributed by atoms with Gasteiger partial charge in [0.15, 0.2) is 0 Å². The molecule has 1 heterocycles. The summed E-state index contributed by atoms with van der Waals surface area (Å²) in [6.45, 7) is 1.52. The van der Waals surface area contributed by atoms with E-state index in [4.69, 9.17) is 5.11 Å². The maximum atomic E-state index is 12.3. The largest absolute Gasteiger partial charge is 0.478 e. The molecule has 0 bridgehead atoms. The van der Waals surface area contributed by atoms with Gasteiger partial charge in [0.25, 0.3) is 0 Å². The molecule has 0 saturated carbocycles. The number of benzene rings is 1. The topological polar surface area (TPSA) is 83.5 Å². The fourth-order valence-corrected chi connectivity index (χ4v) is 4.84. The van der Waals surface area contributed by atoms with Crippen LogP contribution < -0.4 is 4.72 Å². The predicted octanol–water partition coefficient (Wildman–Crippen LogP) is 1.48. The zero-order valence-corrected chi connectivity index (χ0v) is 12.1. The van der Waals surface area contributed by atoms with E-state index in [-0.39, 0.29) is 22.1 Å². The minimum Gasteiger partial charge on any atom is -0.478 e. The summed E-state index contributed by atoms with van der Waals surface area (Å²) in [5.74, 6) is 0.587. The van der Waals surface area contributed by atoms with Gasteiger partial charge in [-0.05, 0) is 36.8 Å². The number of nitrogens with one attached hydrogen (secondary N) is 1. The number of aromatic carboxylic acids is 1. The van der Waals surface area contributed by atoms with Crippen LogP contribution in [0.5, 0.6) is 0 Å². The van der Waals surface area contributed by atoms with Crippen molar-refractivity contribution in [1.29, 1.82) is 0 Å². The Kier molecular flexibility index (Phi) is 4.17.